The zero-order valence-corrected chi connectivity index (χ0v) is 15.9. The van der Waals surface area contributed by atoms with E-state index in [1.165, 1.54) is 12.1 Å². The average Bonchev–Trinajstić information content (AvgIpc) is 2.94. The van der Waals surface area contributed by atoms with E-state index in [2.05, 4.69) is 10.2 Å². The van der Waals surface area contributed by atoms with E-state index < -0.39 is 0 Å². The largest absolute Gasteiger partial charge is 0.459 e. The van der Waals surface area contributed by atoms with Crippen LogP contribution in [0.5, 0.6) is 0 Å². The summed E-state index contributed by atoms with van der Waals surface area (Å²) in [6.07, 6.45) is 2.42. The van der Waals surface area contributed by atoms with Crippen LogP contribution in [0.4, 0.5) is 4.39 Å². The van der Waals surface area contributed by atoms with Crippen molar-refractivity contribution in [3.8, 4) is 0 Å². The maximum absolute atomic E-state index is 13.5. The molecule has 1 unspecified atom stereocenters. The topological polar surface area (TPSA) is 83.9 Å². The molecule has 2 aromatic rings. The molecular formula is C20H27FN4O2. The zero-order chi connectivity index (χ0) is 19.4. The highest BCUT2D eigenvalue weighted by Gasteiger charge is 2.23. The lowest BCUT2D eigenvalue weighted by molar-refractivity contribution is -0.119. The number of piperidine rings is 1. The van der Waals surface area contributed by atoms with E-state index in [1.54, 1.807) is 6.07 Å². The Morgan fingerprint density at radius 2 is 2.30 bits per heavy atom. The van der Waals surface area contributed by atoms with Gasteiger partial charge in [-0.2, -0.15) is 0 Å². The van der Waals surface area contributed by atoms with Gasteiger partial charge in [0.1, 0.15) is 23.7 Å². The van der Waals surface area contributed by atoms with Crippen molar-refractivity contribution in [1.82, 2.24) is 10.2 Å². The van der Waals surface area contributed by atoms with Crippen molar-refractivity contribution in [1.29, 1.82) is 0 Å². The number of amides is 1. The van der Waals surface area contributed by atoms with Crippen molar-refractivity contribution < 1.29 is 13.6 Å². The fourth-order valence-electron chi connectivity index (χ4n) is 3.68. The fraction of sp³-hybridized carbons (Fsp3) is 0.500. The van der Waals surface area contributed by atoms with Gasteiger partial charge >= 0.3 is 0 Å². The number of hydrogen-bond donors (Lipinski definition) is 2. The Kier molecular flexibility index (Phi) is 5.98. The molecule has 27 heavy (non-hydrogen) atoms. The van der Waals surface area contributed by atoms with E-state index in [9.17, 15) is 9.18 Å². The number of primary amides is 1. The van der Waals surface area contributed by atoms with Crippen molar-refractivity contribution in [2.24, 2.45) is 16.6 Å². The molecule has 1 fully saturated rings. The lowest BCUT2D eigenvalue weighted by Gasteiger charge is -2.34. The second-order valence-electron chi connectivity index (χ2n) is 7.09. The first-order valence-corrected chi connectivity index (χ1v) is 9.47. The number of benzene rings is 1. The highest BCUT2D eigenvalue weighted by Crippen LogP contribution is 2.26. The number of aryl methyl sites for hydroxylation is 1. The summed E-state index contributed by atoms with van der Waals surface area (Å²) in [5.74, 6) is 1.27. The van der Waals surface area contributed by atoms with Gasteiger partial charge in [-0.3, -0.25) is 4.79 Å². The minimum absolute atomic E-state index is 0.256. The predicted molar refractivity (Wildman–Crippen MR) is 104 cm³/mol. The molecule has 0 spiro atoms. The third-order valence-electron chi connectivity index (χ3n) is 5.01. The van der Waals surface area contributed by atoms with Crippen LogP contribution >= 0.6 is 0 Å². The number of fused-ring (bicyclic) bond motifs is 1. The van der Waals surface area contributed by atoms with Crippen LogP contribution in [-0.4, -0.2) is 36.4 Å². The van der Waals surface area contributed by atoms with E-state index >= 15 is 0 Å². The number of furan rings is 1. The molecule has 1 aromatic heterocycles. The summed E-state index contributed by atoms with van der Waals surface area (Å²) in [6, 6.07) is 4.54. The number of hydrogen-bond acceptors (Lipinski definition) is 3. The van der Waals surface area contributed by atoms with Crippen molar-refractivity contribution in [3.05, 3.63) is 35.3 Å². The van der Waals surface area contributed by atoms with Crippen LogP contribution in [0.3, 0.4) is 0 Å². The molecule has 7 heteroatoms. The fourth-order valence-corrected chi connectivity index (χ4v) is 3.68. The number of guanidine groups is 1. The second kappa shape index (κ2) is 8.41. The first kappa shape index (κ1) is 19.2. The Morgan fingerprint density at radius 3 is 3.04 bits per heavy atom. The summed E-state index contributed by atoms with van der Waals surface area (Å²) in [5, 5.41) is 4.10. The summed E-state index contributed by atoms with van der Waals surface area (Å²) in [6.45, 7) is 6.73. The summed E-state index contributed by atoms with van der Waals surface area (Å²) in [5.41, 5.74) is 6.94. The average molecular weight is 374 g/mol. The standard InChI is InChI=1S/C20H27FN4O2/c1-3-23-20(25-8-4-5-14(12-25)9-19(22)26)24-11-18-13(2)16-10-15(21)6-7-17(16)27-18/h6-7,10,14H,3-5,8-9,11-12H2,1-2H3,(H2,22,26)(H,23,24). The molecule has 1 aliphatic heterocycles. The molecule has 0 bridgehead atoms. The van der Waals surface area contributed by atoms with Crippen LogP contribution in [0.15, 0.2) is 27.6 Å². The molecule has 1 atom stereocenters. The third-order valence-corrected chi connectivity index (χ3v) is 5.01. The van der Waals surface area contributed by atoms with Crippen LogP contribution in [0, 0.1) is 18.7 Å². The monoisotopic (exact) mass is 374 g/mol. The molecule has 1 saturated heterocycles. The molecule has 0 radical (unpaired) electrons. The highest BCUT2D eigenvalue weighted by molar-refractivity contribution is 5.83. The number of nitrogens with zero attached hydrogens (tertiary/aromatic N) is 2. The number of likely N-dealkylation sites (tertiary alicyclic amines) is 1. The normalized spacial score (nSPS) is 18.1. The first-order valence-electron chi connectivity index (χ1n) is 9.47. The van der Waals surface area contributed by atoms with Gasteiger partial charge in [-0.1, -0.05) is 0 Å². The molecule has 0 aliphatic carbocycles. The van der Waals surface area contributed by atoms with Gasteiger partial charge in [0.15, 0.2) is 5.96 Å². The summed E-state index contributed by atoms with van der Waals surface area (Å²) in [7, 11) is 0. The number of aliphatic imine (C=N–C) groups is 1. The summed E-state index contributed by atoms with van der Waals surface area (Å²) in [4.78, 5) is 18.2. The lowest BCUT2D eigenvalue weighted by Crippen LogP contribution is -2.47. The Hall–Kier alpha value is -2.57. The van der Waals surface area contributed by atoms with Gasteiger partial charge in [-0.25, -0.2) is 9.38 Å². The molecule has 1 aliphatic rings. The number of carbonyl (C=O) groups is 1. The van der Waals surface area contributed by atoms with Crippen LogP contribution in [0.2, 0.25) is 0 Å². The molecule has 3 rings (SSSR count). The van der Waals surface area contributed by atoms with Crippen molar-refractivity contribution in [2.75, 3.05) is 19.6 Å². The minimum Gasteiger partial charge on any atom is -0.459 e. The highest BCUT2D eigenvalue weighted by atomic mass is 19.1. The van der Waals surface area contributed by atoms with E-state index in [1.807, 2.05) is 13.8 Å². The van der Waals surface area contributed by atoms with E-state index in [4.69, 9.17) is 15.1 Å². The van der Waals surface area contributed by atoms with Crippen LogP contribution in [0.25, 0.3) is 11.0 Å². The molecule has 2 heterocycles. The maximum atomic E-state index is 13.5. The first-order chi connectivity index (χ1) is 13.0. The van der Waals surface area contributed by atoms with Crippen LogP contribution in [-0.2, 0) is 11.3 Å². The van der Waals surface area contributed by atoms with E-state index in [0.717, 1.165) is 55.1 Å². The van der Waals surface area contributed by atoms with Gasteiger partial charge in [0, 0.05) is 37.0 Å². The molecule has 6 nitrogen and oxygen atoms in total. The lowest BCUT2D eigenvalue weighted by atomic mass is 9.95. The van der Waals surface area contributed by atoms with Crippen LogP contribution in [0.1, 0.15) is 37.5 Å². The molecule has 1 amide bonds. The van der Waals surface area contributed by atoms with Gasteiger partial charge in [-0.15, -0.1) is 0 Å². The zero-order valence-electron chi connectivity index (χ0n) is 15.9. The summed E-state index contributed by atoms with van der Waals surface area (Å²) < 4.78 is 19.4. The quantitative estimate of drug-likeness (QED) is 0.623. The number of halogens is 1. The maximum Gasteiger partial charge on any atom is 0.217 e. The van der Waals surface area contributed by atoms with E-state index in [0.29, 0.717) is 18.5 Å². The van der Waals surface area contributed by atoms with Gasteiger partial charge in [0.05, 0.1) is 0 Å². The third kappa shape index (κ3) is 4.59. The molecule has 3 N–H and O–H groups in total. The van der Waals surface area contributed by atoms with Crippen molar-refractivity contribution in [3.63, 3.8) is 0 Å². The number of rotatable bonds is 5. The molecule has 146 valence electrons. The van der Waals surface area contributed by atoms with E-state index in [-0.39, 0.29) is 17.6 Å². The van der Waals surface area contributed by atoms with Crippen LogP contribution < -0.4 is 11.1 Å². The Labute approximate surface area is 158 Å². The van der Waals surface area contributed by atoms with Crippen molar-refractivity contribution in [2.45, 2.75) is 39.7 Å². The SMILES string of the molecule is CCNC(=NCc1oc2ccc(F)cc2c1C)N1CCCC(CC(N)=O)C1. The smallest absolute Gasteiger partial charge is 0.217 e. The number of carbonyl (C=O) groups excluding carboxylic acids is 1. The van der Waals surface area contributed by atoms with Crippen molar-refractivity contribution >= 4 is 22.8 Å². The Balaban J connectivity index is 1.77. The van der Waals surface area contributed by atoms with Gasteiger partial charge < -0.3 is 20.4 Å². The second-order valence-corrected chi connectivity index (χ2v) is 7.09. The summed E-state index contributed by atoms with van der Waals surface area (Å²) >= 11 is 0. The van der Waals surface area contributed by atoms with Gasteiger partial charge in [0.25, 0.3) is 0 Å². The minimum atomic E-state index is -0.274. The van der Waals surface area contributed by atoms with Gasteiger partial charge in [0.2, 0.25) is 5.91 Å². The molecule has 0 saturated carbocycles. The molecular weight excluding hydrogens is 347 g/mol. The Morgan fingerprint density at radius 1 is 1.48 bits per heavy atom. The number of nitrogens with two attached hydrogens (primary N) is 1. The predicted octanol–water partition coefficient (Wildman–Crippen LogP) is 2.93. The van der Waals surface area contributed by atoms with Gasteiger partial charge in [-0.05, 0) is 50.8 Å². The number of nitrogens with one attached hydrogen (secondary N) is 1. The Bertz CT molecular complexity index is 846. The molecule has 1 aromatic carbocycles.